The van der Waals surface area contributed by atoms with Crippen LogP contribution in [-0.4, -0.2) is 0 Å². The van der Waals surface area contributed by atoms with Crippen molar-refractivity contribution in [2.75, 3.05) is 0 Å². The fourth-order valence-electron chi connectivity index (χ4n) is 1.93. The molecule has 0 amide bonds. The van der Waals surface area contributed by atoms with E-state index in [0.717, 1.165) is 12.0 Å². The molecule has 0 fully saturated rings. The molecule has 0 radical (unpaired) electrons. The highest BCUT2D eigenvalue weighted by Crippen LogP contribution is 2.38. The highest BCUT2D eigenvalue weighted by atomic mass is 19.1. The normalized spacial score (nSPS) is 20.8. The molecule has 1 aliphatic rings. The van der Waals surface area contributed by atoms with Crippen molar-refractivity contribution >= 4 is 0 Å². The van der Waals surface area contributed by atoms with Gasteiger partial charge < -0.3 is 0 Å². The standard InChI is InChI=1S/C10H11F/c1-6-3-4-9(11)8-5-7(2)10(6)8/h3-4,7H,5H2,1-2H3. The van der Waals surface area contributed by atoms with Crippen LogP contribution < -0.4 is 0 Å². The van der Waals surface area contributed by atoms with Crippen molar-refractivity contribution in [1.82, 2.24) is 0 Å². The van der Waals surface area contributed by atoms with Gasteiger partial charge in [0.15, 0.2) is 0 Å². The molecule has 1 atom stereocenters. The summed E-state index contributed by atoms with van der Waals surface area (Å²) < 4.78 is 13.0. The Morgan fingerprint density at radius 3 is 2.73 bits per heavy atom. The van der Waals surface area contributed by atoms with Gasteiger partial charge in [-0.3, -0.25) is 0 Å². The minimum atomic E-state index is -0.0244. The zero-order valence-electron chi connectivity index (χ0n) is 6.82. The Balaban J connectivity index is 2.62. The van der Waals surface area contributed by atoms with Crippen molar-refractivity contribution in [3.8, 4) is 0 Å². The second kappa shape index (κ2) is 2.07. The van der Waals surface area contributed by atoms with Crippen molar-refractivity contribution in [2.24, 2.45) is 0 Å². The third-order valence-corrected chi connectivity index (χ3v) is 2.52. The molecule has 0 aliphatic heterocycles. The number of benzene rings is 1. The smallest absolute Gasteiger partial charge is 0.126 e. The van der Waals surface area contributed by atoms with Crippen molar-refractivity contribution in [2.45, 2.75) is 26.2 Å². The molecule has 1 aromatic carbocycles. The van der Waals surface area contributed by atoms with Gasteiger partial charge in [0.2, 0.25) is 0 Å². The molecule has 0 spiro atoms. The van der Waals surface area contributed by atoms with E-state index in [0.29, 0.717) is 5.92 Å². The SMILES string of the molecule is Cc1ccc(F)c2c1C(C)C2. The Morgan fingerprint density at radius 2 is 2.18 bits per heavy atom. The number of halogens is 1. The highest BCUT2D eigenvalue weighted by Gasteiger charge is 2.26. The molecule has 11 heavy (non-hydrogen) atoms. The Hall–Kier alpha value is -0.850. The van der Waals surface area contributed by atoms with Gasteiger partial charge in [-0.25, -0.2) is 4.39 Å². The Labute approximate surface area is 66.1 Å². The van der Waals surface area contributed by atoms with E-state index in [2.05, 4.69) is 6.92 Å². The molecular weight excluding hydrogens is 139 g/mol. The summed E-state index contributed by atoms with van der Waals surface area (Å²) in [6.45, 7) is 4.20. The van der Waals surface area contributed by atoms with Gasteiger partial charge in [0, 0.05) is 0 Å². The Bertz CT molecular complexity index is 302. The molecule has 1 aromatic rings. The molecule has 0 nitrogen and oxygen atoms in total. The van der Waals surface area contributed by atoms with E-state index < -0.39 is 0 Å². The van der Waals surface area contributed by atoms with Crippen LogP contribution in [0.3, 0.4) is 0 Å². The summed E-state index contributed by atoms with van der Waals surface area (Å²) in [5.41, 5.74) is 3.42. The van der Waals surface area contributed by atoms with E-state index >= 15 is 0 Å². The maximum absolute atomic E-state index is 13.0. The molecule has 0 bridgehead atoms. The lowest BCUT2D eigenvalue weighted by Gasteiger charge is -2.29. The minimum absolute atomic E-state index is 0.0244. The molecule has 2 rings (SSSR count). The van der Waals surface area contributed by atoms with Crippen molar-refractivity contribution < 1.29 is 4.39 Å². The first kappa shape index (κ1) is 6.84. The van der Waals surface area contributed by atoms with Crippen LogP contribution in [0.4, 0.5) is 4.39 Å². The lowest BCUT2D eigenvalue weighted by atomic mass is 9.76. The van der Waals surface area contributed by atoms with Crippen LogP contribution in [0.2, 0.25) is 0 Å². The topological polar surface area (TPSA) is 0 Å². The number of hydrogen-bond donors (Lipinski definition) is 0. The van der Waals surface area contributed by atoms with Crippen molar-refractivity contribution in [3.63, 3.8) is 0 Å². The largest absolute Gasteiger partial charge is 0.207 e. The fourth-order valence-corrected chi connectivity index (χ4v) is 1.93. The number of hydrogen-bond acceptors (Lipinski definition) is 0. The summed E-state index contributed by atoms with van der Waals surface area (Å²) in [4.78, 5) is 0. The molecule has 0 aromatic heterocycles. The van der Waals surface area contributed by atoms with Crippen LogP contribution in [0.15, 0.2) is 12.1 Å². The maximum Gasteiger partial charge on any atom is 0.126 e. The first-order valence-corrected chi connectivity index (χ1v) is 3.98. The first-order chi connectivity index (χ1) is 5.20. The van der Waals surface area contributed by atoms with E-state index in [-0.39, 0.29) is 5.82 Å². The Morgan fingerprint density at radius 1 is 1.45 bits per heavy atom. The van der Waals surface area contributed by atoms with Crippen LogP contribution in [0.5, 0.6) is 0 Å². The Kier molecular flexibility index (Phi) is 1.28. The van der Waals surface area contributed by atoms with Gasteiger partial charge in [-0.1, -0.05) is 13.0 Å². The average Bonchev–Trinajstić information content (AvgIpc) is 1.93. The molecule has 1 aliphatic carbocycles. The first-order valence-electron chi connectivity index (χ1n) is 3.98. The molecule has 0 saturated heterocycles. The second-order valence-corrected chi connectivity index (χ2v) is 3.36. The zero-order valence-corrected chi connectivity index (χ0v) is 6.82. The summed E-state index contributed by atoms with van der Waals surface area (Å²) in [6, 6.07) is 3.43. The van der Waals surface area contributed by atoms with E-state index in [1.54, 1.807) is 6.07 Å². The third-order valence-electron chi connectivity index (χ3n) is 2.52. The summed E-state index contributed by atoms with van der Waals surface area (Å²) in [5.74, 6) is 0.546. The number of rotatable bonds is 0. The van der Waals surface area contributed by atoms with Crippen molar-refractivity contribution in [3.05, 3.63) is 34.6 Å². The van der Waals surface area contributed by atoms with E-state index in [1.165, 1.54) is 11.1 Å². The third kappa shape index (κ3) is 0.802. The fraction of sp³-hybridized carbons (Fsp3) is 0.400. The van der Waals surface area contributed by atoms with Gasteiger partial charge in [0.1, 0.15) is 5.82 Å². The van der Waals surface area contributed by atoms with Gasteiger partial charge >= 0.3 is 0 Å². The molecule has 1 unspecified atom stereocenters. The second-order valence-electron chi connectivity index (χ2n) is 3.36. The van der Waals surface area contributed by atoms with Crippen LogP contribution in [0, 0.1) is 12.7 Å². The van der Waals surface area contributed by atoms with E-state index in [9.17, 15) is 4.39 Å². The lowest BCUT2D eigenvalue weighted by Crippen LogP contribution is -2.17. The van der Waals surface area contributed by atoms with E-state index in [1.807, 2.05) is 13.0 Å². The molecule has 1 heteroatoms. The number of fused-ring (bicyclic) bond motifs is 1. The molecule has 0 saturated carbocycles. The summed E-state index contributed by atoms with van der Waals surface area (Å²) >= 11 is 0. The van der Waals surface area contributed by atoms with Crippen molar-refractivity contribution in [1.29, 1.82) is 0 Å². The van der Waals surface area contributed by atoms with Gasteiger partial charge in [0.25, 0.3) is 0 Å². The summed E-state index contributed by atoms with van der Waals surface area (Å²) in [6.07, 6.45) is 0.919. The monoisotopic (exact) mass is 150 g/mol. The molecule has 0 heterocycles. The molecule has 0 N–H and O–H groups in total. The average molecular weight is 150 g/mol. The van der Waals surface area contributed by atoms with Crippen LogP contribution in [0.1, 0.15) is 29.5 Å². The lowest BCUT2D eigenvalue weighted by molar-refractivity contribution is 0.553. The quantitative estimate of drug-likeness (QED) is 0.533. The van der Waals surface area contributed by atoms with Gasteiger partial charge in [-0.2, -0.15) is 0 Å². The van der Waals surface area contributed by atoms with Crippen LogP contribution in [0.25, 0.3) is 0 Å². The molecular formula is C10H11F. The predicted octanol–water partition coefficient (Wildman–Crippen LogP) is 2.79. The summed E-state index contributed by atoms with van der Waals surface area (Å²) in [7, 11) is 0. The number of aryl methyl sites for hydroxylation is 1. The van der Waals surface area contributed by atoms with Crippen LogP contribution in [-0.2, 0) is 6.42 Å². The van der Waals surface area contributed by atoms with Gasteiger partial charge in [0.05, 0.1) is 0 Å². The predicted molar refractivity (Wildman–Crippen MR) is 43.3 cm³/mol. The van der Waals surface area contributed by atoms with Gasteiger partial charge in [-0.15, -0.1) is 0 Å². The highest BCUT2D eigenvalue weighted by molar-refractivity contribution is 5.45. The minimum Gasteiger partial charge on any atom is -0.207 e. The zero-order chi connectivity index (χ0) is 8.01. The van der Waals surface area contributed by atoms with E-state index in [4.69, 9.17) is 0 Å². The van der Waals surface area contributed by atoms with Gasteiger partial charge in [-0.05, 0) is 42.0 Å². The molecule has 58 valence electrons. The summed E-state index contributed by atoms with van der Waals surface area (Å²) in [5, 5.41) is 0. The van der Waals surface area contributed by atoms with Crippen LogP contribution >= 0.6 is 0 Å². The maximum atomic E-state index is 13.0.